The Balaban J connectivity index is 1.51. The van der Waals surface area contributed by atoms with Crippen LogP contribution in [0, 0.1) is 0 Å². The number of carbonyl (C=O) groups excluding carboxylic acids is 1. The molecule has 1 aliphatic carbocycles. The minimum atomic E-state index is -0.137. The van der Waals surface area contributed by atoms with E-state index in [1.165, 1.54) is 11.3 Å². The van der Waals surface area contributed by atoms with Gasteiger partial charge in [-0.2, -0.15) is 0 Å². The summed E-state index contributed by atoms with van der Waals surface area (Å²) in [6.07, 6.45) is 2.25. The maximum Gasteiger partial charge on any atom is 0.265 e. The molecule has 0 radical (unpaired) electrons. The molecule has 1 aliphatic rings. The molecule has 0 bridgehead atoms. The first kappa shape index (κ1) is 15.9. The maximum absolute atomic E-state index is 12.3. The molecular formula is C15H11Br2N5OS. The molecule has 4 rings (SSSR count). The van der Waals surface area contributed by atoms with Crippen LogP contribution >= 0.6 is 43.2 Å². The average molecular weight is 469 g/mol. The number of nitrogens with zero attached hydrogens (tertiary/aromatic N) is 4. The lowest BCUT2D eigenvalue weighted by molar-refractivity contribution is 0.103. The first-order valence-corrected chi connectivity index (χ1v) is 9.66. The van der Waals surface area contributed by atoms with Crippen LogP contribution in [0.4, 0.5) is 5.69 Å². The molecule has 122 valence electrons. The van der Waals surface area contributed by atoms with Gasteiger partial charge in [-0.15, -0.1) is 16.4 Å². The standard InChI is InChI=1S/C15H11Br2N5OS/c16-11-7-12(24-13(11)17)15(23)18-9-3-1-8(2-4-9)14-19-20-21-22(14)10-5-6-10/h1-4,7,10H,5-6H2,(H,18,23). The normalized spacial score (nSPS) is 13.9. The van der Waals surface area contributed by atoms with E-state index in [1.807, 2.05) is 28.9 Å². The number of rotatable bonds is 4. The predicted molar refractivity (Wildman–Crippen MR) is 99.2 cm³/mol. The Morgan fingerprint density at radius 3 is 2.62 bits per heavy atom. The maximum atomic E-state index is 12.3. The third-order valence-corrected chi connectivity index (χ3v) is 6.91. The molecule has 0 saturated heterocycles. The molecule has 1 saturated carbocycles. The van der Waals surface area contributed by atoms with Gasteiger partial charge in [-0.1, -0.05) is 0 Å². The molecule has 2 heterocycles. The second-order valence-electron chi connectivity index (χ2n) is 5.44. The van der Waals surface area contributed by atoms with Crippen molar-refractivity contribution in [1.29, 1.82) is 0 Å². The van der Waals surface area contributed by atoms with Crippen molar-refractivity contribution in [2.24, 2.45) is 0 Å². The number of tetrazole rings is 1. The van der Waals surface area contributed by atoms with Gasteiger partial charge in [0.1, 0.15) is 0 Å². The molecule has 1 fully saturated rings. The molecule has 0 spiro atoms. The van der Waals surface area contributed by atoms with E-state index in [9.17, 15) is 4.79 Å². The average Bonchev–Trinajstić information content (AvgIpc) is 3.21. The molecule has 6 nitrogen and oxygen atoms in total. The van der Waals surface area contributed by atoms with Gasteiger partial charge in [0.15, 0.2) is 5.82 Å². The number of aromatic nitrogens is 4. The van der Waals surface area contributed by atoms with Crippen molar-refractivity contribution in [2.45, 2.75) is 18.9 Å². The highest BCUT2D eigenvalue weighted by Crippen LogP contribution is 2.36. The van der Waals surface area contributed by atoms with E-state index in [4.69, 9.17) is 0 Å². The third-order valence-electron chi connectivity index (χ3n) is 3.66. The van der Waals surface area contributed by atoms with Crippen LogP contribution in [-0.2, 0) is 0 Å². The quantitative estimate of drug-likeness (QED) is 0.611. The van der Waals surface area contributed by atoms with E-state index >= 15 is 0 Å². The van der Waals surface area contributed by atoms with Gasteiger partial charge in [0.05, 0.1) is 14.7 Å². The summed E-state index contributed by atoms with van der Waals surface area (Å²) in [5.74, 6) is 0.628. The molecule has 0 unspecified atom stereocenters. The Bertz CT molecular complexity index is 881. The lowest BCUT2D eigenvalue weighted by Gasteiger charge is -2.06. The van der Waals surface area contributed by atoms with Crippen LogP contribution in [0.15, 0.2) is 38.6 Å². The van der Waals surface area contributed by atoms with Crippen molar-refractivity contribution in [3.63, 3.8) is 0 Å². The second-order valence-corrected chi connectivity index (χ2v) is 8.67. The van der Waals surface area contributed by atoms with Crippen LogP contribution in [0.1, 0.15) is 28.6 Å². The Hall–Kier alpha value is -1.58. The first-order chi connectivity index (χ1) is 11.6. The van der Waals surface area contributed by atoms with Gasteiger partial charge < -0.3 is 5.32 Å². The smallest absolute Gasteiger partial charge is 0.265 e. The van der Waals surface area contributed by atoms with Gasteiger partial charge in [0, 0.05) is 15.7 Å². The second kappa shape index (κ2) is 6.38. The molecule has 3 aromatic rings. The molecule has 24 heavy (non-hydrogen) atoms. The van der Waals surface area contributed by atoms with Crippen LogP contribution in [-0.4, -0.2) is 26.1 Å². The Morgan fingerprint density at radius 2 is 2.00 bits per heavy atom. The van der Waals surface area contributed by atoms with Gasteiger partial charge in [-0.3, -0.25) is 4.79 Å². The van der Waals surface area contributed by atoms with Gasteiger partial charge in [0.2, 0.25) is 0 Å². The molecule has 1 N–H and O–H groups in total. The minimum Gasteiger partial charge on any atom is -0.321 e. The zero-order valence-corrected chi connectivity index (χ0v) is 16.2. The summed E-state index contributed by atoms with van der Waals surface area (Å²) in [6.45, 7) is 0. The van der Waals surface area contributed by atoms with Gasteiger partial charge in [-0.25, -0.2) is 4.68 Å². The molecular weight excluding hydrogens is 458 g/mol. The summed E-state index contributed by atoms with van der Waals surface area (Å²) in [5, 5.41) is 14.8. The molecule has 1 aromatic carbocycles. The van der Waals surface area contributed by atoms with Crippen LogP contribution < -0.4 is 5.32 Å². The van der Waals surface area contributed by atoms with Crippen molar-refractivity contribution in [3.05, 3.63) is 43.5 Å². The Labute approximate surface area is 158 Å². The highest BCUT2D eigenvalue weighted by Gasteiger charge is 2.28. The van der Waals surface area contributed by atoms with Crippen molar-refractivity contribution in [1.82, 2.24) is 20.2 Å². The lowest BCUT2D eigenvalue weighted by Crippen LogP contribution is -2.10. The van der Waals surface area contributed by atoms with Crippen LogP contribution in [0.25, 0.3) is 11.4 Å². The van der Waals surface area contributed by atoms with Gasteiger partial charge in [-0.05, 0) is 85.5 Å². The molecule has 0 atom stereocenters. The van der Waals surface area contributed by atoms with E-state index in [1.54, 1.807) is 6.07 Å². The number of carbonyl (C=O) groups is 1. The number of hydrogen-bond donors (Lipinski definition) is 1. The fourth-order valence-electron chi connectivity index (χ4n) is 2.30. The summed E-state index contributed by atoms with van der Waals surface area (Å²) in [4.78, 5) is 12.9. The van der Waals surface area contributed by atoms with E-state index in [0.717, 1.165) is 38.2 Å². The third kappa shape index (κ3) is 3.15. The van der Waals surface area contributed by atoms with Crippen molar-refractivity contribution in [3.8, 4) is 11.4 Å². The number of benzene rings is 1. The van der Waals surface area contributed by atoms with Crippen LogP contribution in [0.5, 0.6) is 0 Å². The lowest BCUT2D eigenvalue weighted by atomic mass is 10.2. The number of hydrogen-bond acceptors (Lipinski definition) is 5. The van der Waals surface area contributed by atoms with Gasteiger partial charge in [0.25, 0.3) is 5.91 Å². The largest absolute Gasteiger partial charge is 0.321 e. The Kier molecular flexibility index (Phi) is 4.23. The minimum absolute atomic E-state index is 0.137. The predicted octanol–water partition coefficient (Wildman–Crippen LogP) is 4.51. The molecule has 9 heteroatoms. The monoisotopic (exact) mass is 467 g/mol. The topological polar surface area (TPSA) is 72.7 Å². The number of amides is 1. The van der Waals surface area contributed by atoms with Crippen molar-refractivity contribution in [2.75, 3.05) is 5.32 Å². The number of nitrogens with one attached hydrogen (secondary N) is 1. The number of anilines is 1. The Morgan fingerprint density at radius 1 is 1.25 bits per heavy atom. The van der Waals surface area contributed by atoms with Crippen molar-refractivity contribution < 1.29 is 4.79 Å². The SMILES string of the molecule is O=C(Nc1ccc(-c2nnnn2C2CC2)cc1)c1cc(Br)c(Br)s1. The molecule has 1 amide bonds. The van der Waals surface area contributed by atoms with E-state index in [2.05, 4.69) is 52.7 Å². The zero-order valence-electron chi connectivity index (χ0n) is 12.2. The highest BCUT2D eigenvalue weighted by atomic mass is 79.9. The molecule has 2 aromatic heterocycles. The van der Waals surface area contributed by atoms with Crippen LogP contribution in [0.2, 0.25) is 0 Å². The summed E-state index contributed by atoms with van der Waals surface area (Å²) in [7, 11) is 0. The summed E-state index contributed by atoms with van der Waals surface area (Å²) in [6, 6.07) is 9.77. The van der Waals surface area contributed by atoms with E-state index < -0.39 is 0 Å². The van der Waals surface area contributed by atoms with E-state index in [-0.39, 0.29) is 5.91 Å². The number of thiophene rings is 1. The van der Waals surface area contributed by atoms with Crippen molar-refractivity contribution >= 4 is 54.8 Å². The summed E-state index contributed by atoms with van der Waals surface area (Å²) >= 11 is 8.17. The van der Waals surface area contributed by atoms with E-state index in [0.29, 0.717) is 10.9 Å². The summed E-state index contributed by atoms with van der Waals surface area (Å²) in [5.41, 5.74) is 1.67. The van der Waals surface area contributed by atoms with Gasteiger partial charge >= 0.3 is 0 Å². The first-order valence-electron chi connectivity index (χ1n) is 7.26. The fourth-order valence-corrected chi connectivity index (χ4v) is 4.23. The fraction of sp³-hybridized carbons (Fsp3) is 0.200. The highest BCUT2D eigenvalue weighted by molar-refractivity contribution is 9.13. The zero-order chi connectivity index (χ0) is 16.7. The summed E-state index contributed by atoms with van der Waals surface area (Å²) < 4.78 is 3.64. The number of halogens is 2. The molecule has 0 aliphatic heterocycles. The van der Waals surface area contributed by atoms with Crippen LogP contribution in [0.3, 0.4) is 0 Å².